The lowest BCUT2D eigenvalue weighted by Gasteiger charge is -2.32. The summed E-state index contributed by atoms with van der Waals surface area (Å²) in [6, 6.07) is 9.19. The van der Waals surface area contributed by atoms with E-state index in [0.717, 1.165) is 63.1 Å². The summed E-state index contributed by atoms with van der Waals surface area (Å²) < 4.78 is 18.0. The molecule has 0 fully saturated rings. The summed E-state index contributed by atoms with van der Waals surface area (Å²) in [7, 11) is 5.73. The van der Waals surface area contributed by atoms with Crippen molar-refractivity contribution in [1.82, 2.24) is 4.90 Å². The van der Waals surface area contributed by atoms with Crippen molar-refractivity contribution in [2.75, 3.05) is 54.0 Å². The van der Waals surface area contributed by atoms with Crippen molar-refractivity contribution in [3.63, 3.8) is 0 Å². The first kappa shape index (κ1) is 34.7. The fraction of sp³-hybridized carbons (Fsp3) is 0.500. The quantitative estimate of drug-likeness (QED) is 0.0926. The Morgan fingerprint density at radius 3 is 2.36 bits per heavy atom. The van der Waals surface area contributed by atoms with E-state index in [9.17, 15) is 14.7 Å². The van der Waals surface area contributed by atoms with E-state index >= 15 is 0 Å². The highest BCUT2D eigenvalue weighted by atomic mass is 16.5. The number of rotatable bonds is 17. The van der Waals surface area contributed by atoms with Gasteiger partial charge in [-0.3, -0.25) is 9.59 Å². The molecule has 0 unspecified atom stereocenters. The van der Waals surface area contributed by atoms with E-state index in [0.29, 0.717) is 28.9 Å². The van der Waals surface area contributed by atoms with Gasteiger partial charge in [0.25, 0.3) is 5.91 Å². The van der Waals surface area contributed by atoms with Crippen LogP contribution < -0.4 is 14.2 Å². The molecule has 0 aromatic heterocycles. The lowest BCUT2D eigenvalue weighted by Crippen LogP contribution is -2.49. The van der Waals surface area contributed by atoms with Gasteiger partial charge in [0.1, 0.15) is 34.2 Å². The lowest BCUT2D eigenvalue weighted by molar-refractivity contribution is -0.883. The van der Waals surface area contributed by atoms with E-state index in [1.807, 2.05) is 49.1 Å². The fourth-order valence-corrected chi connectivity index (χ4v) is 5.27. The minimum absolute atomic E-state index is 0.0964. The second kappa shape index (κ2) is 15.8. The number of carbonyl (C=O) groups is 2. The number of phenolic OH excluding ortho intramolecular Hbond substituents is 1. The third kappa shape index (κ3) is 9.88. The zero-order chi connectivity index (χ0) is 32.3. The molecule has 0 spiro atoms. The first-order chi connectivity index (χ1) is 20.9. The van der Waals surface area contributed by atoms with Crippen molar-refractivity contribution in [2.24, 2.45) is 0 Å². The SMILES string of the molecule is CCCN(CCC)C(=O)C[N+](C)(C)CCCCCOc1ccc(/C=C/C(=O)c2c(OC)cc3c(c2O)C=CC(C)(C)O3)cc1. The van der Waals surface area contributed by atoms with Crippen LogP contribution in [0.25, 0.3) is 12.2 Å². The number of benzene rings is 2. The maximum atomic E-state index is 13.1. The largest absolute Gasteiger partial charge is 0.506 e. The zero-order valence-electron chi connectivity index (χ0n) is 27.7. The predicted molar refractivity (Wildman–Crippen MR) is 177 cm³/mol. The molecule has 240 valence electrons. The molecule has 1 N–H and O–H groups in total. The molecule has 1 amide bonds. The summed E-state index contributed by atoms with van der Waals surface area (Å²) in [5.74, 6) is 1.22. The number of allylic oxidation sites excluding steroid dienone is 1. The number of quaternary nitrogens is 1. The maximum absolute atomic E-state index is 13.1. The molecule has 0 saturated carbocycles. The van der Waals surface area contributed by atoms with Crippen molar-refractivity contribution >= 4 is 23.8 Å². The van der Waals surface area contributed by atoms with Gasteiger partial charge in [-0.15, -0.1) is 0 Å². The van der Waals surface area contributed by atoms with Crippen LogP contribution in [-0.2, 0) is 4.79 Å². The average Bonchev–Trinajstić information content (AvgIpc) is 2.97. The Balaban J connectivity index is 1.46. The first-order valence-corrected chi connectivity index (χ1v) is 15.8. The Bertz CT molecular complexity index is 1320. The minimum atomic E-state index is -0.518. The van der Waals surface area contributed by atoms with Gasteiger partial charge >= 0.3 is 0 Å². The van der Waals surface area contributed by atoms with Crippen LogP contribution >= 0.6 is 0 Å². The number of unbranched alkanes of at least 4 members (excludes halogenated alkanes) is 2. The van der Waals surface area contributed by atoms with Crippen molar-refractivity contribution in [3.8, 4) is 23.0 Å². The van der Waals surface area contributed by atoms with Crippen molar-refractivity contribution in [3.05, 3.63) is 59.2 Å². The molecule has 1 aliphatic heterocycles. The molecule has 0 radical (unpaired) electrons. The van der Waals surface area contributed by atoms with Gasteiger partial charge in [-0.25, -0.2) is 0 Å². The smallest absolute Gasteiger partial charge is 0.277 e. The summed E-state index contributed by atoms with van der Waals surface area (Å²) in [5.41, 5.74) is 0.870. The van der Waals surface area contributed by atoms with E-state index in [-0.39, 0.29) is 28.8 Å². The number of phenols is 1. The van der Waals surface area contributed by atoms with Crippen LogP contribution in [0.3, 0.4) is 0 Å². The molecule has 2 aromatic rings. The number of hydrogen-bond acceptors (Lipinski definition) is 6. The molecule has 8 nitrogen and oxygen atoms in total. The van der Waals surface area contributed by atoms with Crippen molar-refractivity contribution in [1.29, 1.82) is 0 Å². The third-order valence-electron chi connectivity index (χ3n) is 7.64. The van der Waals surface area contributed by atoms with Crippen LogP contribution in [0.15, 0.2) is 42.5 Å². The topological polar surface area (TPSA) is 85.3 Å². The Morgan fingerprint density at radius 2 is 1.73 bits per heavy atom. The van der Waals surface area contributed by atoms with E-state index < -0.39 is 5.60 Å². The van der Waals surface area contributed by atoms with E-state index in [4.69, 9.17) is 14.2 Å². The number of methoxy groups -OCH3 is 1. The second-order valence-electron chi connectivity index (χ2n) is 12.6. The molecular formula is C36H51N2O6+. The second-order valence-corrected chi connectivity index (χ2v) is 12.6. The molecule has 0 bridgehead atoms. The molecule has 44 heavy (non-hydrogen) atoms. The van der Waals surface area contributed by atoms with Crippen molar-refractivity contribution in [2.45, 2.75) is 65.4 Å². The molecule has 8 heteroatoms. The van der Waals surface area contributed by atoms with Crippen LogP contribution in [0.4, 0.5) is 0 Å². The first-order valence-electron chi connectivity index (χ1n) is 15.8. The minimum Gasteiger partial charge on any atom is -0.506 e. The van der Waals surface area contributed by atoms with Gasteiger partial charge < -0.3 is 28.7 Å². The highest BCUT2D eigenvalue weighted by Crippen LogP contribution is 2.43. The number of amides is 1. The number of nitrogens with zero attached hydrogens (tertiary/aromatic N) is 2. The number of ketones is 1. The number of hydrogen-bond donors (Lipinski definition) is 1. The summed E-state index contributed by atoms with van der Waals surface area (Å²) in [6.07, 6.45) is 11.7. The summed E-state index contributed by atoms with van der Waals surface area (Å²) in [4.78, 5) is 27.8. The Hall–Kier alpha value is -3.78. The molecule has 0 aliphatic carbocycles. The standard InChI is InChI=1S/C36H50N2O6/c1-8-21-37(22-9-2)33(40)26-38(5,6)23-11-10-12-24-43-28-16-13-27(14-17-28)15-18-30(39)34-32(42-7)25-31-29(35(34)41)19-20-36(3,4)44-31/h13-20,25H,8-12,21-24,26H2,1-7H3/p+1/b18-15+. The number of carbonyl (C=O) groups excluding carboxylic acids is 2. The van der Waals surface area contributed by atoms with Crippen LogP contribution in [0, 0.1) is 0 Å². The van der Waals surface area contributed by atoms with Gasteiger partial charge in [-0.2, -0.15) is 0 Å². The van der Waals surface area contributed by atoms with Gasteiger partial charge in [0, 0.05) is 19.2 Å². The fourth-order valence-electron chi connectivity index (χ4n) is 5.27. The maximum Gasteiger partial charge on any atom is 0.277 e. The Morgan fingerprint density at radius 1 is 1.05 bits per heavy atom. The normalized spacial score (nSPS) is 13.8. The summed E-state index contributed by atoms with van der Waals surface area (Å²) >= 11 is 0. The van der Waals surface area contributed by atoms with Crippen LogP contribution in [0.1, 0.15) is 81.3 Å². The monoisotopic (exact) mass is 607 g/mol. The van der Waals surface area contributed by atoms with Crippen LogP contribution in [0.5, 0.6) is 23.0 Å². The van der Waals surface area contributed by atoms with Gasteiger partial charge in [0.2, 0.25) is 0 Å². The molecular weight excluding hydrogens is 556 g/mol. The van der Waals surface area contributed by atoms with Gasteiger partial charge in [0.05, 0.1) is 39.9 Å². The molecule has 2 aromatic carbocycles. The van der Waals surface area contributed by atoms with E-state index in [1.165, 1.54) is 13.2 Å². The Labute approximate surface area is 263 Å². The molecule has 3 rings (SSSR count). The van der Waals surface area contributed by atoms with Crippen molar-refractivity contribution < 1.29 is 33.4 Å². The summed E-state index contributed by atoms with van der Waals surface area (Å²) in [6.45, 7) is 11.8. The van der Waals surface area contributed by atoms with Crippen LogP contribution in [-0.4, -0.2) is 85.8 Å². The highest BCUT2D eigenvalue weighted by molar-refractivity contribution is 6.11. The third-order valence-corrected chi connectivity index (χ3v) is 7.64. The number of fused-ring (bicyclic) bond motifs is 1. The van der Waals surface area contributed by atoms with Crippen LogP contribution in [0.2, 0.25) is 0 Å². The zero-order valence-corrected chi connectivity index (χ0v) is 27.7. The Kier molecular flexibility index (Phi) is 12.5. The van der Waals surface area contributed by atoms with Gasteiger partial charge in [0.15, 0.2) is 12.3 Å². The average molecular weight is 608 g/mol. The molecule has 0 saturated heterocycles. The van der Waals surface area contributed by atoms with E-state index in [2.05, 4.69) is 27.9 Å². The number of likely N-dealkylation sites (N-methyl/N-ethyl adjacent to an activating group) is 1. The number of ether oxygens (including phenoxy) is 3. The van der Waals surface area contributed by atoms with E-state index in [1.54, 1.807) is 18.2 Å². The molecule has 1 heterocycles. The van der Waals surface area contributed by atoms with Gasteiger partial charge in [-0.05, 0) is 81.9 Å². The van der Waals surface area contributed by atoms with Gasteiger partial charge in [-0.1, -0.05) is 32.1 Å². The number of aromatic hydroxyl groups is 1. The molecule has 0 atom stereocenters. The molecule has 1 aliphatic rings. The highest BCUT2D eigenvalue weighted by Gasteiger charge is 2.28. The predicted octanol–water partition coefficient (Wildman–Crippen LogP) is 6.76. The summed E-state index contributed by atoms with van der Waals surface area (Å²) in [5, 5.41) is 10.9. The lowest BCUT2D eigenvalue weighted by atomic mass is 9.97.